The number of carbonyl (C=O) groups excluding carboxylic acids is 1. The van der Waals surface area contributed by atoms with E-state index in [2.05, 4.69) is 39.0 Å². The van der Waals surface area contributed by atoms with Gasteiger partial charge in [0.2, 0.25) is 5.91 Å². The minimum atomic E-state index is 0.121. The van der Waals surface area contributed by atoms with Crippen LogP contribution in [0.2, 0.25) is 0 Å². The van der Waals surface area contributed by atoms with E-state index in [0.29, 0.717) is 6.54 Å². The van der Waals surface area contributed by atoms with Crippen LogP contribution in [0, 0.1) is 0 Å². The highest BCUT2D eigenvalue weighted by Crippen LogP contribution is 2.35. The molecule has 2 aromatic carbocycles. The average molecular weight is 331 g/mol. The zero-order valence-electron chi connectivity index (χ0n) is 11.2. The third-order valence-corrected chi connectivity index (χ3v) is 4.05. The zero-order valence-corrected chi connectivity index (χ0v) is 12.8. The van der Waals surface area contributed by atoms with Gasteiger partial charge in [0, 0.05) is 18.1 Å². The van der Waals surface area contributed by atoms with Gasteiger partial charge in [0.05, 0.1) is 17.9 Å². The molecule has 0 aromatic heterocycles. The highest BCUT2D eigenvalue weighted by molar-refractivity contribution is 9.10. The van der Waals surface area contributed by atoms with Gasteiger partial charge in [-0.25, -0.2) is 0 Å². The third kappa shape index (κ3) is 2.43. The van der Waals surface area contributed by atoms with Crippen molar-refractivity contribution in [2.45, 2.75) is 6.54 Å². The maximum absolute atomic E-state index is 12.1. The van der Waals surface area contributed by atoms with Gasteiger partial charge in [-0.3, -0.25) is 4.79 Å². The van der Waals surface area contributed by atoms with Crippen LogP contribution in [0.15, 0.2) is 53.0 Å². The summed E-state index contributed by atoms with van der Waals surface area (Å²) in [6, 6.07) is 16.2. The average Bonchev–Trinajstić information content (AvgIpc) is 2.45. The Morgan fingerprint density at radius 3 is 2.60 bits per heavy atom. The monoisotopic (exact) mass is 330 g/mol. The Kier molecular flexibility index (Phi) is 3.49. The van der Waals surface area contributed by atoms with Crippen molar-refractivity contribution < 1.29 is 4.79 Å². The van der Waals surface area contributed by atoms with E-state index in [1.807, 2.05) is 37.4 Å². The Bertz CT molecular complexity index is 642. The Morgan fingerprint density at radius 1 is 1.10 bits per heavy atom. The molecule has 20 heavy (non-hydrogen) atoms. The van der Waals surface area contributed by atoms with Crippen LogP contribution >= 0.6 is 15.9 Å². The number of carbonyl (C=O) groups is 1. The summed E-state index contributed by atoms with van der Waals surface area (Å²) in [6.07, 6.45) is 0. The van der Waals surface area contributed by atoms with Crippen molar-refractivity contribution in [1.82, 2.24) is 0 Å². The second-order valence-corrected chi connectivity index (χ2v) is 5.84. The number of hydrogen-bond donors (Lipinski definition) is 0. The molecule has 1 amide bonds. The second kappa shape index (κ2) is 5.29. The van der Waals surface area contributed by atoms with Crippen molar-refractivity contribution in [3.63, 3.8) is 0 Å². The molecule has 0 aliphatic carbocycles. The first-order valence-electron chi connectivity index (χ1n) is 6.50. The van der Waals surface area contributed by atoms with E-state index >= 15 is 0 Å². The molecular weight excluding hydrogens is 316 g/mol. The number of benzene rings is 2. The predicted molar refractivity (Wildman–Crippen MR) is 85.0 cm³/mol. The van der Waals surface area contributed by atoms with Crippen LogP contribution < -0.4 is 9.80 Å². The zero-order chi connectivity index (χ0) is 14.1. The predicted octanol–water partition coefficient (Wildman–Crippen LogP) is 3.43. The summed E-state index contributed by atoms with van der Waals surface area (Å²) >= 11 is 3.51. The van der Waals surface area contributed by atoms with E-state index in [-0.39, 0.29) is 5.91 Å². The van der Waals surface area contributed by atoms with Crippen LogP contribution in [0.3, 0.4) is 0 Å². The number of likely N-dealkylation sites (N-methyl/N-ethyl adjacent to an activating group) is 1. The molecule has 0 bridgehead atoms. The van der Waals surface area contributed by atoms with Gasteiger partial charge in [-0.15, -0.1) is 0 Å². The van der Waals surface area contributed by atoms with E-state index in [1.54, 1.807) is 4.90 Å². The van der Waals surface area contributed by atoms with Gasteiger partial charge in [0.1, 0.15) is 0 Å². The van der Waals surface area contributed by atoms with Crippen molar-refractivity contribution in [3.05, 3.63) is 58.6 Å². The molecule has 3 rings (SSSR count). The van der Waals surface area contributed by atoms with Crippen LogP contribution in [-0.4, -0.2) is 19.5 Å². The van der Waals surface area contributed by atoms with Crippen LogP contribution in [0.4, 0.5) is 11.4 Å². The maximum atomic E-state index is 12.1. The highest BCUT2D eigenvalue weighted by atomic mass is 79.9. The quantitative estimate of drug-likeness (QED) is 0.842. The molecule has 0 fully saturated rings. The van der Waals surface area contributed by atoms with Crippen molar-refractivity contribution in [2.75, 3.05) is 23.4 Å². The number of nitrogens with zero attached hydrogens (tertiary/aromatic N) is 2. The van der Waals surface area contributed by atoms with Crippen molar-refractivity contribution >= 4 is 33.2 Å². The number of amides is 1. The first-order chi connectivity index (χ1) is 9.65. The molecule has 102 valence electrons. The normalized spacial score (nSPS) is 14.4. The molecule has 1 aliphatic heterocycles. The molecule has 1 aliphatic rings. The molecule has 0 spiro atoms. The van der Waals surface area contributed by atoms with Gasteiger partial charge in [0.15, 0.2) is 0 Å². The fourth-order valence-corrected chi connectivity index (χ4v) is 2.82. The minimum absolute atomic E-state index is 0.121. The summed E-state index contributed by atoms with van der Waals surface area (Å²) in [4.78, 5) is 16.0. The van der Waals surface area contributed by atoms with Crippen LogP contribution in [0.25, 0.3) is 0 Å². The van der Waals surface area contributed by atoms with Crippen LogP contribution in [0.5, 0.6) is 0 Å². The summed E-state index contributed by atoms with van der Waals surface area (Å²) in [5.74, 6) is 0.121. The maximum Gasteiger partial charge on any atom is 0.246 e. The first kappa shape index (κ1) is 13.2. The van der Waals surface area contributed by atoms with E-state index < -0.39 is 0 Å². The molecule has 3 nitrogen and oxygen atoms in total. The van der Waals surface area contributed by atoms with E-state index in [1.165, 1.54) is 5.56 Å². The lowest BCUT2D eigenvalue weighted by molar-refractivity contribution is -0.117. The molecule has 0 saturated heterocycles. The Morgan fingerprint density at radius 2 is 1.85 bits per heavy atom. The van der Waals surface area contributed by atoms with Crippen molar-refractivity contribution in [2.24, 2.45) is 0 Å². The highest BCUT2D eigenvalue weighted by Gasteiger charge is 2.26. The van der Waals surface area contributed by atoms with Gasteiger partial charge < -0.3 is 9.80 Å². The summed E-state index contributed by atoms with van der Waals surface area (Å²) in [6.45, 7) is 1.15. The van der Waals surface area contributed by atoms with Gasteiger partial charge in [-0.2, -0.15) is 0 Å². The van der Waals surface area contributed by atoms with Gasteiger partial charge in [-0.05, 0) is 23.8 Å². The second-order valence-electron chi connectivity index (χ2n) is 4.93. The molecule has 0 saturated carbocycles. The largest absolute Gasteiger partial charge is 0.356 e. The van der Waals surface area contributed by atoms with E-state index in [0.717, 1.165) is 22.4 Å². The summed E-state index contributed by atoms with van der Waals surface area (Å²) in [5, 5.41) is 0. The molecule has 4 heteroatoms. The number of fused-ring (bicyclic) bond motifs is 1. The number of hydrogen-bond acceptors (Lipinski definition) is 2. The molecule has 0 unspecified atom stereocenters. The summed E-state index contributed by atoms with van der Waals surface area (Å²) in [7, 11) is 1.83. The molecule has 2 aromatic rings. The van der Waals surface area contributed by atoms with Crippen molar-refractivity contribution in [3.8, 4) is 0 Å². The molecular formula is C16H15BrN2O. The van der Waals surface area contributed by atoms with Gasteiger partial charge >= 0.3 is 0 Å². The molecule has 0 radical (unpaired) electrons. The summed E-state index contributed by atoms with van der Waals surface area (Å²) < 4.78 is 1.03. The van der Waals surface area contributed by atoms with Crippen LogP contribution in [-0.2, 0) is 11.3 Å². The van der Waals surface area contributed by atoms with E-state index in [9.17, 15) is 4.79 Å². The molecule has 0 atom stereocenters. The minimum Gasteiger partial charge on any atom is -0.356 e. The molecule has 1 heterocycles. The standard InChI is InChI=1S/C16H15BrN2O/c1-18-14-8-7-13(17)9-15(14)19(11-16(18)20)10-12-5-3-2-4-6-12/h2-9H,10-11H2,1H3. The lowest BCUT2D eigenvalue weighted by Gasteiger charge is -2.35. The number of rotatable bonds is 2. The number of halogens is 1. The molecule has 0 N–H and O–H groups in total. The number of anilines is 2. The van der Waals surface area contributed by atoms with Gasteiger partial charge in [-0.1, -0.05) is 46.3 Å². The summed E-state index contributed by atoms with van der Waals surface area (Å²) in [5.41, 5.74) is 3.25. The van der Waals surface area contributed by atoms with Gasteiger partial charge in [0.25, 0.3) is 0 Å². The lowest BCUT2D eigenvalue weighted by atomic mass is 10.1. The Labute approximate surface area is 126 Å². The smallest absolute Gasteiger partial charge is 0.246 e. The Balaban J connectivity index is 1.98. The topological polar surface area (TPSA) is 23.6 Å². The van der Waals surface area contributed by atoms with E-state index in [4.69, 9.17) is 0 Å². The lowest BCUT2D eigenvalue weighted by Crippen LogP contribution is -2.43. The fraction of sp³-hybridized carbons (Fsp3) is 0.188. The van der Waals surface area contributed by atoms with Crippen LogP contribution in [0.1, 0.15) is 5.56 Å². The van der Waals surface area contributed by atoms with Crippen molar-refractivity contribution in [1.29, 1.82) is 0 Å². The Hall–Kier alpha value is -1.81. The first-order valence-corrected chi connectivity index (χ1v) is 7.29. The SMILES string of the molecule is CN1C(=O)CN(Cc2ccccc2)c2cc(Br)ccc21. The third-order valence-electron chi connectivity index (χ3n) is 3.56. The fourth-order valence-electron chi connectivity index (χ4n) is 2.47.